The number of ether oxygens (including phenoxy) is 1. The van der Waals surface area contributed by atoms with Crippen LogP contribution in [0.2, 0.25) is 0 Å². The van der Waals surface area contributed by atoms with Gasteiger partial charge in [0.05, 0.1) is 6.20 Å². The quantitative estimate of drug-likeness (QED) is 0.772. The molecule has 0 fully saturated rings. The number of thioether (sulfide) groups is 1. The van der Waals surface area contributed by atoms with E-state index in [-0.39, 0.29) is 22.4 Å². The van der Waals surface area contributed by atoms with Crippen LogP contribution in [-0.2, 0) is 0 Å². The summed E-state index contributed by atoms with van der Waals surface area (Å²) in [7, 11) is 0. The van der Waals surface area contributed by atoms with Crippen molar-refractivity contribution in [2.45, 2.75) is 29.9 Å². The standard InChI is InChI=1S/C17H14F3NO2S/c1-16(2)8-13(11-5-6-21-9-14(11)22)12-7-10(24-17(18,19)20)3-4-15(12)23-16/h3-9,22H,1-2H3. The van der Waals surface area contributed by atoms with E-state index in [0.717, 1.165) is 0 Å². The van der Waals surface area contributed by atoms with Gasteiger partial charge in [-0.3, -0.25) is 4.98 Å². The molecule has 0 saturated carbocycles. The van der Waals surface area contributed by atoms with Crippen LogP contribution in [0.3, 0.4) is 0 Å². The Hall–Kier alpha value is -2.15. The molecule has 1 aromatic carbocycles. The first kappa shape index (κ1) is 16.7. The molecule has 0 radical (unpaired) electrons. The third-order valence-electron chi connectivity index (χ3n) is 3.43. The van der Waals surface area contributed by atoms with Gasteiger partial charge >= 0.3 is 5.51 Å². The molecule has 2 heterocycles. The fourth-order valence-corrected chi connectivity index (χ4v) is 3.16. The molecule has 3 nitrogen and oxygen atoms in total. The first-order chi connectivity index (χ1) is 11.1. The second-order valence-corrected chi connectivity index (χ2v) is 7.00. The van der Waals surface area contributed by atoms with Gasteiger partial charge in [0.15, 0.2) is 0 Å². The summed E-state index contributed by atoms with van der Waals surface area (Å²) in [4.78, 5) is 3.90. The number of alkyl halides is 3. The number of hydrogen-bond donors (Lipinski definition) is 1. The molecular weight excluding hydrogens is 339 g/mol. The average Bonchev–Trinajstić information content (AvgIpc) is 2.45. The summed E-state index contributed by atoms with van der Waals surface area (Å²) in [6.45, 7) is 3.68. The second-order valence-electron chi connectivity index (χ2n) is 5.86. The molecule has 1 aliphatic rings. The smallest absolute Gasteiger partial charge is 0.446 e. The highest BCUT2D eigenvalue weighted by molar-refractivity contribution is 8.00. The molecule has 0 saturated heterocycles. The molecule has 0 unspecified atom stereocenters. The number of nitrogens with zero attached hydrogens (tertiary/aromatic N) is 1. The molecule has 2 aromatic rings. The minimum Gasteiger partial charge on any atom is -0.506 e. The van der Waals surface area contributed by atoms with E-state index in [1.54, 1.807) is 12.1 Å². The van der Waals surface area contributed by atoms with Crippen molar-refractivity contribution in [1.82, 2.24) is 4.98 Å². The maximum atomic E-state index is 12.6. The highest BCUT2D eigenvalue weighted by atomic mass is 32.2. The van der Waals surface area contributed by atoms with Crippen LogP contribution in [0.4, 0.5) is 13.2 Å². The third kappa shape index (κ3) is 3.51. The molecule has 1 aliphatic heterocycles. The van der Waals surface area contributed by atoms with Gasteiger partial charge in [-0.2, -0.15) is 13.2 Å². The van der Waals surface area contributed by atoms with Gasteiger partial charge in [-0.25, -0.2) is 0 Å². The third-order valence-corrected chi connectivity index (χ3v) is 4.15. The van der Waals surface area contributed by atoms with Gasteiger partial charge < -0.3 is 9.84 Å². The number of pyridine rings is 1. The van der Waals surface area contributed by atoms with Gasteiger partial charge in [-0.1, -0.05) is 0 Å². The number of halogens is 3. The summed E-state index contributed by atoms with van der Waals surface area (Å²) in [5.41, 5.74) is -3.41. The number of benzene rings is 1. The fourth-order valence-electron chi connectivity index (χ4n) is 2.58. The highest BCUT2D eigenvalue weighted by Crippen LogP contribution is 2.45. The molecular formula is C17H14F3NO2S. The zero-order chi connectivity index (χ0) is 17.5. The summed E-state index contributed by atoms with van der Waals surface area (Å²) >= 11 is -0.183. The zero-order valence-electron chi connectivity index (χ0n) is 12.9. The van der Waals surface area contributed by atoms with Crippen molar-refractivity contribution in [3.05, 3.63) is 53.9 Å². The number of fused-ring (bicyclic) bond motifs is 1. The van der Waals surface area contributed by atoms with E-state index in [0.29, 0.717) is 22.4 Å². The maximum Gasteiger partial charge on any atom is 0.446 e. The molecule has 0 spiro atoms. The largest absolute Gasteiger partial charge is 0.506 e. The Morgan fingerprint density at radius 1 is 1.17 bits per heavy atom. The molecule has 24 heavy (non-hydrogen) atoms. The normalized spacial score (nSPS) is 16.1. The predicted octanol–water partition coefficient (Wildman–Crippen LogP) is 5.00. The van der Waals surface area contributed by atoms with E-state index in [1.165, 1.54) is 30.6 Å². The van der Waals surface area contributed by atoms with Crippen molar-refractivity contribution in [3.8, 4) is 11.5 Å². The molecule has 7 heteroatoms. The molecule has 0 aliphatic carbocycles. The molecule has 1 aromatic heterocycles. The summed E-state index contributed by atoms with van der Waals surface area (Å²) in [6, 6.07) is 5.95. The van der Waals surface area contributed by atoms with Gasteiger partial charge in [0.2, 0.25) is 0 Å². The minimum absolute atomic E-state index is 0.0405. The molecule has 1 N–H and O–H groups in total. The van der Waals surface area contributed by atoms with Crippen molar-refractivity contribution >= 4 is 17.3 Å². The van der Waals surface area contributed by atoms with Crippen LogP contribution in [0.25, 0.3) is 5.57 Å². The van der Waals surface area contributed by atoms with E-state index in [4.69, 9.17) is 4.74 Å². The predicted molar refractivity (Wildman–Crippen MR) is 86.0 cm³/mol. The van der Waals surface area contributed by atoms with Gasteiger partial charge in [-0.15, -0.1) is 0 Å². The Morgan fingerprint density at radius 3 is 2.58 bits per heavy atom. The van der Waals surface area contributed by atoms with Crippen molar-refractivity contribution < 1.29 is 23.0 Å². The van der Waals surface area contributed by atoms with Crippen LogP contribution < -0.4 is 4.74 Å². The Balaban J connectivity index is 2.14. The lowest BCUT2D eigenvalue weighted by molar-refractivity contribution is -0.0328. The van der Waals surface area contributed by atoms with Crippen LogP contribution in [0, 0.1) is 0 Å². The zero-order valence-corrected chi connectivity index (χ0v) is 13.7. The Labute approximate surface area is 141 Å². The van der Waals surface area contributed by atoms with Crippen LogP contribution in [0.5, 0.6) is 11.5 Å². The van der Waals surface area contributed by atoms with Gasteiger partial charge in [0.25, 0.3) is 0 Å². The van der Waals surface area contributed by atoms with Crippen molar-refractivity contribution in [2.24, 2.45) is 0 Å². The lowest BCUT2D eigenvalue weighted by Crippen LogP contribution is -2.29. The average molecular weight is 353 g/mol. The molecule has 0 atom stereocenters. The Kier molecular flexibility index (Phi) is 3.99. The van der Waals surface area contributed by atoms with Crippen molar-refractivity contribution in [1.29, 1.82) is 0 Å². The fraction of sp³-hybridized carbons (Fsp3) is 0.235. The maximum absolute atomic E-state index is 12.6. The van der Waals surface area contributed by atoms with Crippen LogP contribution in [0.15, 0.2) is 47.6 Å². The Morgan fingerprint density at radius 2 is 1.92 bits per heavy atom. The summed E-state index contributed by atoms with van der Waals surface area (Å²) < 4.78 is 43.8. The van der Waals surface area contributed by atoms with Crippen LogP contribution in [-0.4, -0.2) is 21.2 Å². The first-order valence-corrected chi connectivity index (χ1v) is 7.92. The van der Waals surface area contributed by atoms with E-state index >= 15 is 0 Å². The monoisotopic (exact) mass is 353 g/mol. The minimum atomic E-state index is -4.37. The number of rotatable bonds is 2. The van der Waals surface area contributed by atoms with Crippen LogP contribution in [0.1, 0.15) is 25.0 Å². The van der Waals surface area contributed by atoms with Crippen molar-refractivity contribution in [2.75, 3.05) is 0 Å². The lowest BCUT2D eigenvalue weighted by atomic mass is 9.90. The number of aromatic nitrogens is 1. The van der Waals surface area contributed by atoms with Gasteiger partial charge in [0, 0.05) is 22.2 Å². The lowest BCUT2D eigenvalue weighted by Gasteiger charge is -2.31. The molecule has 0 bridgehead atoms. The topological polar surface area (TPSA) is 42.4 Å². The molecule has 0 amide bonds. The molecule has 3 rings (SSSR count). The SMILES string of the molecule is CC1(C)C=C(c2ccncc2O)c2cc(SC(F)(F)F)ccc2O1. The van der Waals surface area contributed by atoms with Gasteiger partial charge in [-0.05, 0) is 61.5 Å². The van der Waals surface area contributed by atoms with Gasteiger partial charge in [0.1, 0.15) is 17.1 Å². The summed E-state index contributed by atoms with van der Waals surface area (Å²) in [5.74, 6) is 0.432. The van der Waals surface area contributed by atoms with E-state index in [9.17, 15) is 18.3 Å². The number of hydrogen-bond acceptors (Lipinski definition) is 4. The second kappa shape index (κ2) is 5.73. The Bertz CT molecular complexity index is 816. The van der Waals surface area contributed by atoms with E-state index in [2.05, 4.69) is 4.98 Å². The highest BCUT2D eigenvalue weighted by Gasteiger charge is 2.32. The number of aromatic hydroxyl groups is 1. The van der Waals surface area contributed by atoms with Crippen LogP contribution >= 0.6 is 11.8 Å². The van der Waals surface area contributed by atoms with Crippen molar-refractivity contribution in [3.63, 3.8) is 0 Å². The molecule has 126 valence electrons. The van der Waals surface area contributed by atoms with E-state index in [1.807, 2.05) is 13.8 Å². The summed E-state index contributed by atoms with van der Waals surface area (Å²) in [5, 5.41) is 10.1. The first-order valence-electron chi connectivity index (χ1n) is 7.10. The summed E-state index contributed by atoms with van der Waals surface area (Å²) in [6.07, 6.45) is 4.60. The van der Waals surface area contributed by atoms with E-state index < -0.39 is 11.1 Å².